The van der Waals surface area contributed by atoms with Gasteiger partial charge in [0.25, 0.3) is 0 Å². The molecule has 0 saturated heterocycles. The lowest BCUT2D eigenvalue weighted by Crippen LogP contribution is -1.92. The Hall–Kier alpha value is -3.14. The quantitative estimate of drug-likeness (QED) is 0.246. The van der Waals surface area contributed by atoms with E-state index in [4.69, 9.17) is 0 Å². The summed E-state index contributed by atoms with van der Waals surface area (Å²) in [5.41, 5.74) is 3.00. The maximum atomic E-state index is 15.1. The fourth-order valence-electron chi connectivity index (χ4n) is 3.57. The molecule has 0 aromatic heterocycles. The SMILES string of the molecule is CCCc1ccc2c(F)c(-c3ccc(-c4cc(F)c(F)c(F)c4)cc3)ccc2c1. The minimum atomic E-state index is -1.49. The third kappa shape index (κ3) is 3.63. The van der Waals surface area contributed by atoms with E-state index in [1.807, 2.05) is 18.2 Å². The molecule has 0 N–H and O–H groups in total. The predicted octanol–water partition coefficient (Wildman–Crippen LogP) is 7.68. The average molecular weight is 394 g/mol. The topological polar surface area (TPSA) is 0 Å². The molecule has 146 valence electrons. The molecular formula is C25H18F4. The number of hydrogen-bond acceptors (Lipinski definition) is 0. The van der Waals surface area contributed by atoms with Crippen LogP contribution in [0.2, 0.25) is 0 Å². The minimum Gasteiger partial charge on any atom is -0.206 e. The van der Waals surface area contributed by atoms with E-state index in [1.54, 1.807) is 36.4 Å². The van der Waals surface area contributed by atoms with Crippen LogP contribution in [0.3, 0.4) is 0 Å². The first kappa shape index (κ1) is 19.2. The van der Waals surface area contributed by atoms with Crippen LogP contribution in [0.1, 0.15) is 18.9 Å². The molecule has 0 spiro atoms. The average Bonchev–Trinajstić information content (AvgIpc) is 2.72. The van der Waals surface area contributed by atoms with Gasteiger partial charge >= 0.3 is 0 Å². The van der Waals surface area contributed by atoms with Gasteiger partial charge in [0.15, 0.2) is 17.5 Å². The Morgan fingerprint density at radius 1 is 0.621 bits per heavy atom. The van der Waals surface area contributed by atoms with Crippen molar-refractivity contribution >= 4 is 10.8 Å². The van der Waals surface area contributed by atoms with Crippen LogP contribution in [0.4, 0.5) is 17.6 Å². The first-order chi connectivity index (χ1) is 14.0. The van der Waals surface area contributed by atoms with Crippen LogP contribution < -0.4 is 0 Å². The molecule has 4 heteroatoms. The minimum absolute atomic E-state index is 0.218. The maximum absolute atomic E-state index is 15.1. The van der Waals surface area contributed by atoms with Crippen molar-refractivity contribution in [1.29, 1.82) is 0 Å². The second-order valence-corrected chi connectivity index (χ2v) is 7.06. The largest absolute Gasteiger partial charge is 0.206 e. The number of rotatable bonds is 4. The van der Waals surface area contributed by atoms with Gasteiger partial charge in [0.05, 0.1) is 0 Å². The van der Waals surface area contributed by atoms with Gasteiger partial charge in [-0.1, -0.05) is 67.9 Å². The Morgan fingerprint density at radius 2 is 1.28 bits per heavy atom. The lowest BCUT2D eigenvalue weighted by molar-refractivity contribution is 0.448. The highest BCUT2D eigenvalue weighted by Crippen LogP contribution is 2.32. The highest BCUT2D eigenvalue weighted by atomic mass is 19.2. The van der Waals surface area contributed by atoms with E-state index in [9.17, 15) is 13.2 Å². The molecule has 0 fully saturated rings. The van der Waals surface area contributed by atoms with Gasteiger partial charge in [-0.25, -0.2) is 17.6 Å². The summed E-state index contributed by atoms with van der Waals surface area (Å²) in [5.74, 6) is -4.29. The summed E-state index contributed by atoms with van der Waals surface area (Å²) < 4.78 is 55.2. The second-order valence-electron chi connectivity index (χ2n) is 7.06. The molecule has 0 aliphatic heterocycles. The van der Waals surface area contributed by atoms with E-state index in [2.05, 4.69) is 6.92 Å². The number of benzene rings is 4. The Morgan fingerprint density at radius 3 is 1.93 bits per heavy atom. The Labute approximate surface area is 166 Å². The molecule has 0 bridgehead atoms. The first-order valence-electron chi connectivity index (χ1n) is 9.44. The fraction of sp³-hybridized carbons (Fsp3) is 0.120. The summed E-state index contributed by atoms with van der Waals surface area (Å²) in [6, 6.07) is 17.9. The maximum Gasteiger partial charge on any atom is 0.194 e. The van der Waals surface area contributed by atoms with Crippen molar-refractivity contribution in [3.05, 3.63) is 95.6 Å². The van der Waals surface area contributed by atoms with Crippen molar-refractivity contribution in [2.24, 2.45) is 0 Å². The van der Waals surface area contributed by atoms with Gasteiger partial charge in [-0.05, 0) is 46.2 Å². The van der Waals surface area contributed by atoms with Crippen LogP contribution in [-0.4, -0.2) is 0 Å². The van der Waals surface area contributed by atoms with Gasteiger partial charge in [0.2, 0.25) is 0 Å². The zero-order valence-corrected chi connectivity index (χ0v) is 15.8. The normalized spacial score (nSPS) is 11.2. The molecule has 29 heavy (non-hydrogen) atoms. The van der Waals surface area contributed by atoms with Crippen molar-refractivity contribution < 1.29 is 17.6 Å². The molecule has 0 aliphatic rings. The van der Waals surface area contributed by atoms with Crippen molar-refractivity contribution in [1.82, 2.24) is 0 Å². The highest BCUT2D eigenvalue weighted by Gasteiger charge is 2.13. The summed E-state index contributed by atoms with van der Waals surface area (Å²) in [5, 5.41) is 1.40. The third-order valence-electron chi connectivity index (χ3n) is 5.07. The summed E-state index contributed by atoms with van der Waals surface area (Å²) >= 11 is 0. The first-order valence-corrected chi connectivity index (χ1v) is 9.44. The van der Waals surface area contributed by atoms with Crippen molar-refractivity contribution in [2.45, 2.75) is 19.8 Å². The van der Waals surface area contributed by atoms with E-state index in [1.165, 1.54) is 5.56 Å². The van der Waals surface area contributed by atoms with Gasteiger partial charge in [-0.3, -0.25) is 0 Å². The smallest absolute Gasteiger partial charge is 0.194 e. The van der Waals surface area contributed by atoms with Crippen LogP contribution in [0, 0.1) is 23.3 Å². The third-order valence-corrected chi connectivity index (χ3v) is 5.07. The van der Waals surface area contributed by atoms with Crippen molar-refractivity contribution in [3.63, 3.8) is 0 Å². The number of aryl methyl sites for hydroxylation is 1. The molecule has 4 aromatic carbocycles. The zero-order chi connectivity index (χ0) is 20.5. The molecule has 0 aliphatic carbocycles. The molecule has 0 atom stereocenters. The molecule has 0 nitrogen and oxygen atoms in total. The Bertz CT molecular complexity index is 1170. The van der Waals surface area contributed by atoms with Gasteiger partial charge < -0.3 is 0 Å². The predicted molar refractivity (Wildman–Crippen MR) is 109 cm³/mol. The molecule has 0 saturated carbocycles. The van der Waals surface area contributed by atoms with Gasteiger partial charge in [-0.15, -0.1) is 0 Å². The van der Waals surface area contributed by atoms with Gasteiger partial charge in [0, 0.05) is 10.9 Å². The Kier molecular flexibility index (Phi) is 5.10. The molecule has 4 rings (SSSR count). The number of fused-ring (bicyclic) bond motifs is 1. The number of hydrogen-bond donors (Lipinski definition) is 0. The standard InChI is InChI=1S/C25H18F4/c1-2-3-15-4-10-21-18(12-15)9-11-20(24(21)28)17-7-5-16(6-8-17)19-13-22(26)25(29)23(27)14-19/h4-14H,2-3H2,1H3. The van der Waals surface area contributed by atoms with E-state index >= 15 is 4.39 Å². The summed E-state index contributed by atoms with van der Waals surface area (Å²) in [6.45, 7) is 2.10. The zero-order valence-electron chi connectivity index (χ0n) is 15.8. The lowest BCUT2D eigenvalue weighted by atomic mass is 9.96. The highest BCUT2D eigenvalue weighted by molar-refractivity contribution is 5.89. The summed E-state index contributed by atoms with van der Waals surface area (Å²) in [6.07, 6.45) is 1.98. The van der Waals surface area contributed by atoms with Crippen molar-refractivity contribution in [3.8, 4) is 22.3 Å². The van der Waals surface area contributed by atoms with E-state index in [0.717, 1.165) is 30.4 Å². The monoisotopic (exact) mass is 394 g/mol. The van der Waals surface area contributed by atoms with Crippen LogP contribution in [0.5, 0.6) is 0 Å². The van der Waals surface area contributed by atoms with Crippen LogP contribution in [0.15, 0.2) is 66.7 Å². The molecule has 0 radical (unpaired) electrons. The van der Waals surface area contributed by atoms with E-state index in [0.29, 0.717) is 22.1 Å². The molecule has 0 heterocycles. The van der Waals surface area contributed by atoms with Crippen LogP contribution in [0.25, 0.3) is 33.0 Å². The van der Waals surface area contributed by atoms with Gasteiger partial charge in [-0.2, -0.15) is 0 Å². The van der Waals surface area contributed by atoms with Crippen LogP contribution >= 0.6 is 0 Å². The molecule has 0 amide bonds. The van der Waals surface area contributed by atoms with Gasteiger partial charge in [0.1, 0.15) is 5.82 Å². The summed E-state index contributed by atoms with van der Waals surface area (Å²) in [7, 11) is 0. The molecule has 0 unspecified atom stereocenters. The van der Waals surface area contributed by atoms with E-state index in [-0.39, 0.29) is 11.4 Å². The fourth-order valence-corrected chi connectivity index (χ4v) is 3.57. The lowest BCUT2D eigenvalue weighted by Gasteiger charge is -2.10. The Balaban J connectivity index is 1.71. The van der Waals surface area contributed by atoms with Crippen molar-refractivity contribution in [2.75, 3.05) is 0 Å². The van der Waals surface area contributed by atoms with Crippen LogP contribution in [-0.2, 0) is 6.42 Å². The summed E-state index contributed by atoms with van der Waals surface area (Å²) in [4.78, 5) is 0. The second kappa shape index (κ2) is 7.70. The number of halogens is 4. The molecule has 4 aromatic rings. The molecular weight excluding hydrogens is 376 g/mol. The van der Waals surface area contributed by atoms with E-state index < -0.39 is 17.5 Å².